The molecule has 4 nitrogen and oxygen atoms in total. The third-order valence-electron chi connectivity index (χ3n) is 3.00. The van der Waals surface area contributed by atoms with Gasteiger partial charge in [0, 0.05) is 5.56 Å². The Morgan fingerprint density at radius 2 is 2.10 bits per heavy atom. The third-order valence-corrected chi connectivity index (χ3v) is 3.58. The summed E-state index contributed by atoms with van der Waals surface area (Å²) in [6, 6.07) is 4.45. The normalized spacial score (nSPS) is 10.4. The van der Waals surface area contributed by atoms with Gasteiger partial charge < -0.3 is 4.98 Å². The molecule has 2 rings (SSSR count). The first kappa shape index (κ1) is 15.2. The third kappa shape index (κ3) is 2.67. The molecular weight excluding hydrogens is 296 g/mol. The summed E-state index contributed by atoms with van der Waals surface area (Å²) >= 11 is 1.14. The van der Waals surface area contributed by atoms with Crippen molar-refractivity contribution in [2.24, 2.45) is 0 Å². The van der Waals surface area contributed by atoms with E-state index in [4.69, 9.17) is 5.26 Å². The van der Waals surface area contributed by atoms with E-state index in [-0.39, 0.29) is 27.5 Å². The van der Waals surface area contributed by atoms with E-state index in [1.807, 2.05) is 0 Å². The molecule has 0 amide bonds. The van der Waals surface area contributed by atoms with Gasteiger partial charge in [-0.2, -0.15) is 5.26 Å². The maximum atomic E-state index is 14.2. The summed E-state index contributed by atoms with van der Waals surface area (Å²) in [7, 11) is 0. The number of hydrogen-bond acceptors (Lipinski definition) is 4. The first-order chi connectivity index (χ1) is 10.0. The van der Waals surface area contributed by atoms with Crippen LogP contribution in [0, 0.1) is 23.0 Å². The molecule has 0 spiro atoms. The molecule has 1 heterocycles. The van der Waals surface area contributed by atoms with Gasteiger partial charge in [-0.25, -0.2) is 13.8 Å². The molecule has 0 aliphatic heterocycles. The number of aromatic amines is 1. The van der Waals surface area contributed by atoms with Crippen LogP contribution in [-0.4, -0.2) is 16.2 Å². The van der Waals surface area contributed by atoms with Crippen LogP contribution in [0.4, 0.5) is 8.78 Å². The summed E-state index contributed by atoms with van der Waals surface area (Å²) in [5.41, 5.74) is -1.13. The minimum absolute atomic E-state index is 0.148. The highest BCUT2D eigenvalue weighted by atomic mass is 32.2. The lowest BCUT2D eigenvalue weighted by atomic mass is 10.0. The summed E-state index contributed by atoms with van der Waals surface area (Å²) in [6.45, 7) is 1.70. The number of benzene rings is 1. The van der Waals surface area contributed by atoms with Crippen molar-refractivity contribution < 1.29 is 8.78 Å². The zero-order valence-corrected chi connectivity index (χ0v) is 12.1. The number of aromatic nitrogens is 2. The molecule has 0 bridgehead atoms. The first-order valence-corrected chi connectivity index (χ1v) is 7.31. The number of thioether (sulfide) groups is 1. The molecule has 1 N–H and O–H groups in total. The zero-order chi connectivity index (χ0) is 15.6. The van der Waals surface area contributed by atoms with E-state index in [0.717, 1.165) is 11.8 Å². The molecule has 21 heavy (non-hydrogen) atoms. The Bertz CT molecular complexity index is 796. The van der Waals surface area contributed by atoms with Gasteiger partial charge in [0.05, 0.1) is 5.69 Å². The summed E-state index contributed by atoms with van der Waals surface area (Å²) < 4.78 is 28.1. The molecule has 0 fully saturated rings. The van der Waals surface area contributed by atoms with Gasteiger partial charge in [-0.1, -0.05) is 24.8 Å². The Hall–Kier alpha value is -2.20. The van der Waals surface area contributed by atoms with Gasteiger partial charge in [0.25, 0.3) is 5.56 Å². The highest BCUT2D eigenvalue weighted by Gasteiger charge is 2.20. The van der Waals surface area contributed by atoms with E-state index in [0.29, 0.717) is 6.42 Å². The molecule has 0 unspecified atom stereocenters. The van der Waals surface area contributed by atoms with Gasteiger partial charge >= 0.3 is 0 Å². The number of rotatable bonds is 3. The number of aryl methyl sites for hydroxylation is 1. The molecule has 1 aromatic carbocycles. The molecule has 108 valence electrons. The maximum Gasteiger partial charge on any atom is 0.270 e. The van der Waals surface area contributed by atoms with Gasteiger partial charge in [0.15, 0.2) is 16.8 Å². The van der Waals surface area contributed by atoms with Gasteiger partial charge in [-0.3, -0.25) is 4.79 Å². The lowest BCUT2D eigenvalue weighted by molar-refractivity contribution is 0.502. The van der Waals surface area contributed by atoms with E-state index >= 15 is 0 Å². The second-order valence-corrected chi connectivity index (χ2v) is 4.96. The van der Waals surface area contributed by atoms with Crippen LogP contribution in [0.1, 0.15) is 18.1 Å². The second-order valence-electron chi connectivity index (χ2n) is 4.16. The van der Waals surface area contributed by atoms with Crippen molar-refractivity contribution in [2.45, 2.75) is 18.5 Å². The van der Waals surface area contributed by atoms with Crippen molar-refractivity contribution in [3.63, 3.8) is 0 Å². The van der Waals surface area contributed by atoms with Crippen LogP contribution in [0.15, 0.2) is 22.1 Å². The molecule has 0 saturated heterocycles. The van der Waals surface area contributed by atoms with Gasteiger partial charge in [-0.05, 0) is 24.3 Å². The van der Waals surface area contributed by atoms with Gasteiger partial charge in [0.2, 0.25) is 0 Å². The molecule has 0 atom stereocenters. The van der Waals surface area contributed by atoms with Crippen molar-refractivity contribution in [1.29, 1.82) is 5.26 Å². The summed E-state index contributed by atoms with van der Waals surface area (Å²) in [4.78, 5) is 18.2. The Kier molecular flexibility index (Phi) is 4.38. The van der Waals surface area contributed by atoms with Crippen LogP contribution < -0.4 is 5.56 Å². The minimum Gasteiger partial charge on any atom is -0.300 e. The summed E-state index contributed by atoms with van der Waals surface area (Å²) in [6.07, 6.45) is 2.01. The van der Waals surface area contributed by atoms with E-state index < -0.39 is 17.2 Å². The Morgan fingerprint density at radius 1 is 1.38 bits per heavy atom. The van der Waals surface area contributed by atoms with Crippen LogP contribution in [0.5, 0.6) is 0 Å². The van der Waals surface area contributed by atoms with Crippen molar-refractivity contribution in [3.8, 4) is 17.3 Å². The zero-order valence-electron chi connectivity index (χ0n) is 11.3. The fraction of sp³-hybridized carbons (Fsp3) is 0.214. The monoisotopic (exact) mass is 307 g/mol. The molecule has 0 saturated carbocycles. The SMILES string of the molecule is CCc1ccc(-c2nc(SC)[nH]c(=O)c2C#N)c(F)c1F. The highest BCUT2D eigenvalue weighted by Crippen LogP contribution is 2.27. The number of halogens is 2. The molecular formula is C14H11F2N3OS. The predicted molar refractivity (Wildman–Crippen MR) is 76.1 cm³/mol. The molecule has 7 heteroatoms. The lowest BCUT2D eigenvalue weighted by Gasteiger charge is -2.09. The standard InChI is InChI=1S/C14H11F2N3OS/c1-3-7-4-5-8(11(16)10(7)15)12-9(6-17)13(20)19-14(18-12)21-2/h4-5H,3H2,1-2H3,(H,18,19,20). The van der Waals surface area contributed by atoms with Crippen LogP contribution in [-0.2, 0) is 6.42 Å². The van der Waals surface area contributed by atoms with E-state index in [1.165, 1.54) is 12.1 Å². The largest absolute Gasteiger partial charge is 0.300 e. The van der Waals surface area contributed by atoms with Crippen LogP contribution in [0.2, 0.25) is 0 Å². The molecule has 0 aliphatic rings. The van der Waals surface area contributed by atoms with Crippen molar-refractivity contribution in [3.05, 3.63) is 45.2 Å². The van der Waals surface area contributed by atoms with Crippen LogP contribution >= 0.6 is 11.8 Å². The minimum atomic E-state index is -1.10. The number of nitriles is 1. The molecule has 2 aromatic rings. The Labute approximate surface area is 123 Å². The molecule has 1 aromatic heterocycles. The van der Waals surface area contributed by atoms with Crippen molar-refractivity contribution >= 4 is 11.8 Å². The highest BCUT2D eigenvalue weighted by molar-refractivity contribution is 7.98. The quantitative estimate of drug-likeness (QED) is 0.699. The number of H-pyrrole nitrogens is 1. The van der Waals surface area contributed by atoms with Crippen LogP contribution in [0.25, 0.3) is 11.3 Å². The Morgan fingerprint density at radius 3 is 2.67 bits per heavy atom. The topological polar surface area (TPSA) is 69.5 Å². The summed E-state index contributed by atoms with van der Waals surface area (Å²) in [5, 5.41) is 9.28. The fourth-order valence-electron chi connectivity index (χ4n) is 1.89. The van der Waals surface area contributed by atoms with E-state index in [2.05, 4.69) is 9.97 Å². The summed E-state index contributed by atoms with van der Waals surface area (Å²) in [5.74, 6) is -2.08. The second kappa shape index (κ2) is 6.06. The van der Waals surface area contributed by atoms with Gasteiger partial charge in [0.1, 0.15) is 11.6 Å². The average molecular weight is 307 g/mol. The fourth-order valence-corrected chi connectivity index (χ4v) is 2.27. The van der Waals surface area contributed by atoms with Crippen molar-refractivity contribution in [1.82, 2.24) is 9.97 Å². The van der Waals surface area contributed by atoms with Crippen LogP contribution in [0.3, 0.4) is 0 Å². The smallest absolute Gasteiger partial charge is 0.270 e. The van der Waals surface area contributed by atoms with Crippen molar-refractivity contribution in [2.75, 3.05) is 6.26 Å². The Balaban J connectivity index is 2.79. The number of hydrogen-bond donors (Lipinski definition) is 1. The molecule has 0 aliphatic carbocycles. The first-order valence-electron chi connectivity index (χ1n) is 6.09. The average Bonchev–Trinajstić information content (AvgIpc) is 2.49. The van der Waals surface area contributed by atoms with E-state index in [9.17, 15) is 13.6 Å². The predicted octanol–water partition coefficient (Wildman–Crippen LogP) is 2.87. The number of nitrogens with one attached hydrogen (secondary N) is 1. The maximum absolute atomic E-state index is 14.2. The molecule has 0 radical (unpaired) electrons. The lowest BCUT2D eigenvalue weighted by Crippen LogP contribution is -2.15. The number of nitrogens with zero attached hydrogens (tertiary/aromatic N) is 2. The van der Waals surface area contributed by atoms with Gasteiger partial charge in [-0.15, -0.1) is 0 Å². The van der Waals surface area contributed by atoms with E-state index in [1.54, 1.807) is 19.2 Å².